The zero-order valence-corrected chi connectivity index (χ0v) is 38.5. The molecule has 5 fully saturated rings. The van der Waals surface area contributed by atoms with Crippen molar-refractivity contribution in [2.24, 2.45) is 11.1 Å². The van der Waals surface area contributed by atoms with Crippen LogP contribution in [0.4, 0.5) is 26.0 Å². The number of fused-ring (bicyclic) bond motifs is 1. The van der Waals surface area contributed by atoms with Crippen LogP contribution >= 0.6 is 0 Å². The molecule has 1 aromatic carbocycles. The van der Waals surface area contributed by atoms with E-state index in [0.717, 1.165) is 38.5 Å². The summed E-state index contributed by atoms with van der Waals surface area (Å²) in [5.74, 6) is -1.63. The summed E-state index contributed by atoms with van der Waals surface area (Å²) in [6.45, 7) is 4.32. The average Bonchev–Trinajstić information content (AvgIpc) is 3.83. The van der Waals surface area contributed by atoms with Crippen LogP contribution in [0.2, 0.25) is 0 Å². The molecule has 0 radical (unpaired) electrons. The fraction of sp³-hybridized carbons (Fsp3) is 0.633. The highest BCUT2D eigenvalue weighted by molar-refractivity contribution is 6.04. The Morgan fingerprint density at radius 1 is 1.05 bits per heavy atom. The van der Waals surface area contributed by atoms with E-state index in [1.807, 2.05) is 11.8 Å². The molecule has 66 heavy (non-hydrogen) atoms. The number of rotatable bonds is 12. The van der Waals surface area contributed by atoms with Crippen molar-refractivity contribution in [3.05, 3.63) is 65.6 Å². The number of aliphatic hydroxyl groups is 1. The number of halogens is 2. The summed E-state index contributed by atoms with van der Waals surface area (Å²) in [6.07, 6.45) is 15.9. The third-order valence-electron chi connectivity index (χ3n) is 16.1. The van der Waals surface area contributed by atoms with Crippen molar-refractivity contribution in [2.75, 3.05) is 68.2 Å². The maximum atomic E-state index is 16.5. The summed E-state index contributed by atoms with van der Waals surface area (Å²) < 4.78 is 37.8. The molecule has 17 heteroatoms. The minimum absolute atomic E-state index is 0.00800. The van der Waals surface area contributed by atoms with E-state index in [1.165, 1.54) is 13.2 Å². The lowest BCUT2D eigenvalue weighted by molar-refractivity contribution is -0.135. The predicted octanol–water partition coefficient (Wildman–Crippen LogP) is 4.64. The van der Waals surface area contributed by atoms with Crippen LogP contribution in [-0.2, 0) is 23.9 Å². The first-order chi connectivity index (χ1) is 31.6. The number of anilines is 3. The molecule has 3 aliphatic carbocycles. The van der Waals surface area contributed by atoms with Crippen molar-refractivity contribution in [3.63, 3.8) is 0 Å². The van der Waals surface area contributed by atoms with Crippen LogP contribution in [0.15, 0.2) is 48.4 Å². The number of carbonyl (C=O) groups excluding carboxylic acids is 4. The molecule has 1 spiro atoms. The van der Waals surface area contributed by atoms with Gasteiger partial charge in [-0.05, 0) is 100 Å². The summed E-state index contributed by atoms with van der Waals surface area (Å²) in [6, 6.07) is 4.55. The van der Waals surface area contributed by atoms with Gasteiger partial charge in [0.05, 0.1) is 24.9 Å². The Hall–Kier alpha value is -5.00. The third-order valence-corrected chi connectivity index (χ3v) is 16.1. The molecule has 9 rings (SSSR count). The lowest BCUT2D eigenvalue weighted by atomic mass is 9.52. The molecular formula is C49H65F2N9O6. The second kappa shape index (κ2) is 17.9. The van der Waals surface area contributed by atoms with Gasteiger partial charge in [0.1, 0.15) is 46.3 Å². The number of imide groups is 1. The van der Waals surface area contributed by atoms with Crippen LogP contribution in [0.25, 0.3) is 0 Å². The van der Waals surface area contributed by atoms with Crippen LogP contribution in [-0.4, -0.2) is 126 Å². The lowest BCUT2D eigenvalue weighted by Crippen LogP contribution is -2.69. The summed E-state index contributed by atoms with van der Waals surface area (Å²) in [7, 11) is 3.29. The van der Waals surface area contributed by atoms with E-state index in [1.54, 1.807) is 48.5 Å². The smallest absolute Gasteiger partial charge is 0.249 e. The Balaban J connectivity index is 0.835. The molecule has 356 valence electrons. The highest BCUT2D eigenvalue weighted by Gasteiger charge is 2.58. The van der Waals surface area contributed by atoms with Gasteiger partial charge < -0.3 is 40.5 Å². The quantitative estimate of drug-likeness (QED) is 0.217. The Labute approximate surface area is 385 Å². The van der Waals surface area contributed by atoms with Crippen molar-refractivity contribution >= 4 is 40.8 Å². The number of aliphatic hydroxyl groups excluding tert-OH is 1. The minimum Gasteiger partial charge on any atom is -0.500 e. The SMILES string of the molecule is CCC1C(=O)N(C)c2cnc(C3C(OC)=CC=CC3(N)C(=O)NC3(CCO)CC4(CCN(CC5(F)CCN(c6ccc(C7CCC(=O)NC7=O)cc6F)CC5)CC4)C3)nc2N1C1CCCC1. The van der Waals surface area contributed by atoms with Gasteiger partial charge >= 0.3 is 0 Å². The number of ether oxygens (including phenoxy) is 1. The van der Waals surface area contributed by atoms with Gasteiger partial charge in [0.25, 0.3) is 0 Å². The van der Waals surface area contributed by atoms with Crippen LogP contribution < -0.4 is 31.1 Å². The molecule has 4 amide bonds. The van der Waals surface area contributed by atoms with Crippen molar-refractivity contribution in [1.82, 2.24) is 25.5 Å². The number of piperidine rings is 3. The fourth-order valence-electron chi connectivity index (χ4n) is 12.5. The van der Waals surface area contributed by atoms with E-state index in [2.05, 4.69) is 20.4 Å². The van der Waals surface area contributed by atoms with E-state index in [9.17, 15) is 24.3 Å². The van der Waals surface area contributed by atoms with Crippen LogP contribution in [0.5, 0.6) is 0 Å². The first-order valence-electron chi connectivity index (χ1n) is 24.0. The third kappa shape index (κ3) is 8.37. The molecule has 0 bridgehead atoms. The number of aromatic nitrogens is 2. The van der Waals surface area contributed by atoms with Gasteiger partial charge in [-0.3, -0.25) is 24.5 Å². The van der Waals surface area contributed by atoms with Crippen molar-refractivity contribution in [1.29, 1.82) is 0 Å². The number of alkyl halides is 1. The number of likely N-dealkylation sites (tertiary alicyclic amines) is 1. The molecule has 4 atom stereocenters. The highest BCUT2D eigenvalue weighted by Crippen LogP contribution is 2.57. The molecule has 15 nitrogen and oxygen atoms in total. The summed E-state index contributed by atoms with van der Waals surface area (Å²) in [5.41, 5.74) is 4.92. The average molecular weight is 914 g/mol. The van der Waals surface area contributed by atoms with Crippen molar-refractivity contribution < 1.29 is 37.8 Å². The Morgan fingerprint density at radius 3 is 2.42 bits per heavy atom. The van der Waals surface area contributed by atoms with Gasteiger partial charge in [0.15, 0.2) is 5.82 Å². The van der Waals surface area contributed by atoms with E-state index >= 15 is 8.78 Å². The van der Waals surface area contributed by atoms with Gasteiger partial charge in [-0.2, -0.15) is 0 Å². The lowest BCUT2D eigenvalue weighted by Gasteiger charge is -2.60. The van der Waals surface area contributed by atoms with Crippen LogP contribution in [0, 0.1) is 11.2 Å². The Bertz CT molecular complexity index is 2280. The van der Waals surface area contributed by atoms with Crippen LogP contribution in [0.3, 0.4) is 0 Å². The first kappa shape index (κ1) is 46.1. The number of hydrogen-bond donors (Lipinski definition) is 4. The molecular weight excluding hydrogens is 849 g/mol. The fourth-order valence-corrected chi connectivity index (χ4v) is 12.5. The number of nitrogens with zero attached hydrogens (tertiary/aromatic N) is 6. The molecule has 1 aromatic heterocycles. The number of amides is 4. The first-order valence-corrected chi connectivity index (χ1v) is 24.0. The number of carbonyl (C=O) groups is 4. The number of nitrogens with two attached hydrogens (primary N) is 1. The largest absolute Gasteiger partial charge is 0.500 e. The predicted molar refractivity (Wildman–Crippen MR) is 245 cm³/mol. The summed E-state index contributed by atoms with van der Waals surface area (Å²) in [4.78, 5) is 70.0. The number of hydrogen-bond acceptors (Lipinski definition) is 12. The molecule has 4 aliphatic heterocycles. The number of likely N-dealkylation sites (N-methyl/N-ethyl adjacent to an activating group) is 1. The Kier molecular flexibility index (Phi) is 12.5. The van der Waals surface area contributed by atoms with Crippen LogP contribution in [0.1, 0.15) is 120 Å². The number of nitrogens with one attached hydrogen (secondary N) is 2. The van der Waals surface area contributed by atoms with Gasteiger partial charge in [0.2, 0.25) is 23.6 Å². The zero-order valence-electron chi connectivity index (χ0n) is 38.5. The van der Waals surface area contributed by atoms with E-state index in [-0.39, 0.29) is 55.2 Å². The number of methoxy groups -OCH3 is 1. The minimum atomic E-state index is -1.64. The van der Waals surface area contributed by atoms with E-state index in [0.29, 0.717) is 99.2 Å². The monoisotopic (exact) mass is 914 g/mol. The summed E-state index contributed by atoms with van der Waals surface area (Å²) >= 11 is 0. The molecule has 4 unspecified atom stereocenters. The number of benzene rings is 1. The molecule has 7 aliphatic rings. The number of allylic oxidation sites excluding steroid dienone is 2. The topological polar surface area (TPSA) is 187 Å². The maximum absolute atomic E-state index is 16.5. The zero-order chi connectivity index (χ0) is 46.6. The van der Waals surface area contributed by atoms with Gasteiger partial charge in [-0.25, -0.2) is 18.7 Å². The molecule has 3 saturated heterocycles. The highest BCUT2D eigenvalue weighted by atomic mass is 19.1. The summed E-state index contributed by atoms with van der Waals surface area (Å²) in [5, 5.41) is 16.0. The normalized spacial score (nSPS) is 28.5. The van der Waals surface area contributed by atoms with Gasteiger partial charge in [-0.15, -0.1) is 0 Å². The standard InChI is InChI=1S/C49H65F2N9O6/c1-4-35-44(64)57(2)37-27-53-41(55-42(37)60(35)32-8-5-6-9-32)40-38(66-3)10-7-15-49(40,52)45(65)56-48(20-25-61)28-46(29-48)16-21-58(22-17-46)30-47(51)18-23-59(24-19-47)36-13-11-31(26-34(36)50)33-12-14-39(62)54-43(33)63/h7,10-11,13,15,26-27,32-33,35,40,61H,4-6,8-9,12,14,16-25,28-30,52H2,1-3H3,(H,56,65)(H,54,62,63). The van der Waals surface area contributed by atoms with E-state index < -0.39 is 46.2 Å². The van der Waals surface area contributed by atoms with Crippen molar-refractivity contribution in [2.45, 2.75) is 137 Å². The second-order valence-electron chi connectivity index (χ2n) is 20.3. The van der Waals surface area contributed by atoms with Gasteiger partial charge in [-0.1, -0.05) is 38.0 Å². The maximum Gasteiger partial charge on any atom is 0.249 e. The molecule has 5 N–H and O–H groups in total. The van der Waals surface area contributed by atoms with Crippen molar-refractivity contribution in [3.8, 4) is 0 Å². The van der Waals surface area contributed by atoms with E-state index in [4.69, 9.17) is 20.4 Å². The Morgan fingerprint density at radius 2 is 1.77 bits per heavy atom. The second-order valence-corrected chi connectivity index (χ2v) is 20.3. The molecule has 5 heterocycles. The molecule has 2 saturated carbocycles. The van der Waals surface area contributed by atoms with Gasteiger partial charge in [0, 0.05) is 64.1 Å². The molecule has 2 aromatic rings.